The third kappa shape index (κ3) is 2.65. The Bertz CT molecular complexity index is 925. The zero-order chi connectivity index (χ0) is 20.4. The second-order valence-corrected chi connectivity index (χ2v) is 9.81. The zero-order valence-electron chi connectivity index (χ0n) is 17.4. The number of aromatic hydroxyl groups is 1. The highest BCUT2D eigenvalue weighted by Gasteiger charge is 2.62. The van der Waals surface area contributed by atoms with Crippen LogP contribution in [0, 0.1) is 17.3 Å². The monoisotopic (exact) mass is 392 g/mol. The largest absolute Gasteiger partial charge is 0.508 e. The van der Waals surface area contributed by atoms with E-state index in [1.807, 2.05) is 31.3 Å². The number of aryl methyl sites for hydroxylation is 1. The molecule has 3 aliphatic carbocycles. The lowest BCUT2D eigenvalue weighted by molar-refractivity contribution is -0.108. The lowest BCUT2D eigenvalue weighted by Crippen LogP contribution is -2.49. The molecule has 2 aromatic carbocycles. The number of aliphatic hydroxyl groups is 1. The number of rotatable bonds is 2. The Hall–Kier alpha value is -2.04. The fourth-order valence-corrected chi connectivity index (χ4v) is 7.03. The smallest absolute Gasteiger partial charge is 0.115 e. The minimum atomic E-state index is -0.774. The Kier molecular flexibility index (Phi) is 4.24. The van der Waals surface area contributed by atoms with E-state index in [-0.39, 0.29) is 5.41 Å². The standard InChI is InChI=1S/C25H32N2O2/c1-24-13-11-21-20-10-8-19(28)15-16(20)3-9-22(21)23(24)12-14-25(24,29)17-4-6-18(7-5-17)27(2)26/h4-8,10,15,21-23,28-29H,3,9,11-14,26H2,1-2H3/t21-,22-,23+,24+,25-/m1/s1. The summed E-state index contributed by atoms with van der Waals surface area (Å²) in [5.74, 6) is 7.95. The average Bonchev–Trinajstić information content (AvgIpc) is 2.99. The summed E-state index contributed by atoms with van der Waals surface area (Å²) in [5, 5.41) is 23.5. The van der Waals surface area contributed by atoms with Crippen molar-refractivity contribution in [1.29, 1.82) is 0 Å². The van der Waals surface area contributed by atoms with Gasteiger partial charge < -0.3 is 15.2 Å². The molecule has 0 unspecified atom stereocenters. The molecule has 154 valence electrons. The normalized spacial score (nSPS) is 35.5. The number of hydrazine groups is 1. The molecule has 0 spiro atoms. The number of anilines is 1. The molecule has 0 amide bonds. The second-order valence-electron chi connectivity index (χ2n) is 9.81. The average molecular weight is 393 g/mol. The van der Waals surface area contributed by atoms with Gasteiger partial charge in [-0.05, 0) is 97.2 Å². The van der Waals surface area contributed by atoms with Crippen LogP contribution in [0.2, 0.25) is 0 Å². The SMILES string of the molecule is CN(N)c1ccc([C@]2(O)CC[C@H]3[C@@H]4CCc5cc(O)ccc5[C@H]4CC[C@@]32C)cc1. The van der Waals surface area contributed by atoms with Gasteiger partial charge in [-0.3, -0.25) is 0 Å². The van der Waals surface area contributed by atoms with Gasteiger partial charge in [0.15, 0.2) is 0 Å². The first-order valence-electron chi connectivity index (χ1n) is 11.0. The summed E-state index contributed by atoms with van der Waals surface area (Å²) in [7, 11) is 1.83. The van der Waals surface area contributed by atoms with E-state index < -0.39 is 5.60 Å². The van der Waals surface area contributed by atoms with Crippen molar-refractivity contribution in [3.63, 3.8) is 0 Å². The molecule has 0 radical (unpaired) electrons. The summed E-state index contributed by atoms with van der Waals surface area (Å²) >= 11 is 0. The zero-order valence-corrected chi connectivity index (χ0v) is 17.4. The van der Waals surface area contributed by atoms with Crippen molar-refractivity contribution in [3.05, 3.63) is 59.2 Å². The van der Waals surface area contributed by atoms with Crippen LogP contribution in [0.15, 0.2) is 42.5 Å². The molecule has 0 aromatic heterocycles. The van der Waals surface area contributed by atoms with E-state index in [2.05, 4.69) is 25.1 Å². The van der Waals surface area contributed by atoms with Gasteiger partial charge in [-0.1, -0.05) is 25.1 Å². The van der Waals surface area contributed by atoms with Crippen LogP contribution < -0.4 is 10.9 Å². The molecular weight excluding hydrogens is 360 g/mol. The number of hydrogen-bond donors (Lipinski definition) is 3. The maximum absolute atomic E-state index is 12.0. The third-order valence-electron chi connectivity index (χ3n) is 8.61. The predicted molar refractivity (Wildman–Crippen MR) is 116 cm³/mol. The molecule has 4 nitrogen and oxygen atoms in total. The first-order chi connectivity index (χ1) is 13.8. The molecule has 0 aliphatic heterocycles. The molecule has 0 bridgehead atoms. The van der Waals surface area contributed by atoms with Crippen LogP contribution in [0.4, 0.5) is 5.69 Å². The van der Waals surface area contributed by atoms with Crippen molar-refractivity contribution in [2.75, 3.05) is 12.1 Å². The van der Waals surface area contributed by atoms with Gasteiger partial charge in [0.05, 0.1) is 11.3 Å². The molecular formula is C25H32N2O2. The summed E-state index contributed by atoms with van der Waals surface area (Å²) in [6.45, 7) is 2.33. The van der Waals surface area contributed by atoms with Crippen LogP contribution in [-0.2, 0) is 12.0 Å². The Morgan fingerprint density at radius 1 is 1.03 bits per heavy atom. The van der Waals surface area contributed by atoms with E-state index in [9.17, 15) is 10.2 Å². The van der Waals surface area contributed by atoms with Crippen LogP contribution in [0.3, 0.4) is 0 Å². The molecule has 3 aliphatic rings. The quantitative estimate of drug-likeness (QED) is 0.522. The lowest BCUT2D eigenvalue weighted by atomic mass is 9.52. The number of fused-ring (bicyclic) bond motifs is 5. The van der Waals surface area contributed by atoms with Crippen LogP contribution in [0.5, 0.6) is 5.75 Å². The predicted octanol–water partition coefficient (Wildman–Crippen LogP) is 4.45. The first-order valence-corrected chi connectivity index (χ1v) is 11.0. The summed E-state index contributed by atoms with van der Waals surface area (Å²) in [5.41, 5.74) is 3.87. The molecule has 4 N–H and O–H groups in total. The highest BCUT2D eigenvalue weighted by Crippen LogP contribution is 2.67. The maximum Gasteiger partial charge on any atom is 0.115 e. The van der Waals surface area contributed by atoms with Crippen LogP contribution in [0.1, 0.15) is 61.6 Å². The number of benzene rings is 2. The molecule has 5 atom stereocenters. The van der Waals surface area contributed by atoms with Gasteiger partial charge in [0.1, 0.15) is 5.75 Å². The topological polar surface area (TPSA) is 69.7 Å². The molecule has 2 fully saturated rings. The van der Waals surface area contributed by atoms with E-state index in [4.69, 9.17) is 5.84 Å². The summed E-state index contributed by atoms with van der Waals surface area (Å²) in [6, 6.07) is 14.1. The number of phenolic OH excluding ortho intramolecular Hbond substituents is 1. The van der Waals surface area contributed by atoms with Gasteiger partial charge >= 0.3 is 0 Å². The minimum absolute atomic E-state index is 0.0985. The van der Waals surface area contributed by atoms with Crippen LogP contribution in [-0.4, -0.2) is 17.3 Å². The maximum atomic E-state index is 12.0. The summed E-state index contributed by atoms with van der Waals surface area (Å²) < 4.78 is 0. The first kappa shape index (κ1) is 19.0. The Morgan fingerprint density at radius 2 is 1.79 bits per heavy atom. The van der Waals surface area contributed by atoms with Gasteiger partial charge in [0.25, 0.3) is 0 Å². The van der Waals surface area contributed by atoms with Crippen molar-refractivity contribution in [2.45, 2.75) is 57.0 Å². The van der Waals surface area contributed by atoms with Crippen molar-refractivity contribution in [2.24, 2.45) is 23.1 Å². The molecule has 5 rings (SSSR count). The molecule has 0 saturated heterocycles. The molecule has 2 aromatic rings. The lowest BCUT2D eigenvalue weighted by Gasteiger charge is -2.53. The number of nitrogens with two attached hydrogens (primary N) is 1. The fraction of sp³-hybridized carbons (Fsp3) is 0.520. The van der Waals surface area contributed by atoms with Crippen molar-refractivity contribution < 1.29 is 10.2 Å². The third-order valence-corrected chi connectivity index (χ3v) is 8.61. The van der Waals surface area contributed by atoms with E-state index in [1.165, 1.54) is 11.1 Å². The number of nitrogens with zero attached hydrogens (tertiary/aromatic N) is 1. The van der Waals surface area contributed by atoms with Crippen molar-refractivity contribution in [3.8, 4) is 5.75 Å². The van der Waals surface area contributed by atoms with Gasteiger partial charge in [0.2, 0.25) is 0 Å². The van der Waals surface area contributed by atoms with Gasteiger partial charge in [-0.25, -0.2) is 5.84 Å². The second kappa shape index (κ2) is 6.48. The van der Waals surface area contributed by atoms with Gasteiger partial charge in [0, 0.05) is 12.5 Å². The van der Waals surface area contributed by atoms with Gasteiger partial charge in [-0.2, -0.15) is 0 Å². The summed E-state index contributed by atoms with van der Waals surface area (Å²) in [4.78, 5) is 0. The minimum Gasteiger partial charge on any atom is -0.508 e. The van der Waals surface area contributed by atoms with Crippen molar-refractivity contribution >= 4 is 5.69 Å². The number of hydrogen-bond acceptors (Lipinski definition) is 4. The van der Waals surface area contributed by atoms with Gasteiger partial charge in [-0.15, -0.1) is 0 Å². The van der Waals surface area contributed by atoms with E-state index in [0.717, 1.165) is 49.8 Å². The molecule has 2 saturated carbocycles. The van der Waals surface area contributed by atoms with E-state index >= 15 is 0 Å². The van der Waals surface area contributed by atoms with Crippen LogP contribution in [0.25, 0.3) is 0 Å². The molecule has 0 heterocycles. The Morgan fingerprint density at radius 3 is 2.52 bits per heavy atom. The highest BCUT2D eigenvalue weighted by atomic mass is 16.3. The summed E-state index contributed by atoms with van der Waals surface area (Å²) in [6.07, 6.45) is 6.26. The highest BCUT2D eigenvalue weighted by molar-refractivity contribution is 5.47. The van der Waals surface area contributed by atoms with Crippen LogP contribution >= 0.6 is 0 Å². The Balaban J connectivity index is 1.48. The fourth-order valence-electron chi connectivity index (χ4n) is 7.03. The van der Waals surface area contributed by atoms with Crippen molar-refractivity contribution in [1.82, 2.24) is 0 Å². The molecule has 4 heteroatoms. The van der Waals surface area contributed by atoms with E-state index in [1.54, 1.807) is 5.01 Å². The Labute approximate surface area is 173 Å². The molecule has 29 heavy (non-hydrogen) atoms. The number of phenols is 1. The van der Waals surface area contributed by atoms with E-state index in [0.29, 0.717) is 23.5 Å².